The van der Waals surface area contributed by atoms with E-state index in [1.165, 1.54) is 38.5 Å². The minimum atomic E-state index is -0.505. The SMILES string of the molecule is CCCCCCCCCC(O)C(O)CCCC. The lowest BCUT2D eigenvalue weighted by Crippen LogP contribution is -2.25. The number of aliphatic hydroxyl groups is 2. The van der Waals surface area contributed by atoms with Gasteiger partial charge in [-0.15, -0.1) is 0 Å². The molecule has 0 fully saturated rings. The molecule has 0 rings (SSSR count). The van der Waals surface area contributed by atoms with Crippen molar-refractivity contribution < 1.29 is 10.2 Å². The third-order valence-electron chi connectivity index (χ3n) is 3.40. The molecule has 0 aromatic heterocycles. The van der Waals surface area contributed by atoms with Gasteiger partial charge in [-0.3, -0.25) is 0 Å². The molecule has 17 heavy (non-hydrogen) atoms. The van der Waals surface area contributed by atoms with Crippen LogP contribution in [0.1, 0.15) is 84.5 Å². The maximum Gasteiger partial charge on any atom is 0.0799 e. The predicted octanol–water partition coefficient (Wildman–Crippen LogP) is 4.04. The van der Waals surface area contributed by atoms with Crippen molar-refractivity contribution in [3.8, 4) is 0 Å². The molecule has 0 aliphatic carbocycles. The summed E-state index contributed by atoms with van der Waals surface area (Å²) in [6.45, 7) is 4.34. The first-order chi connectivity index (χ1) is 8.22. The van der Waals surface area contributed by atoms with Gasteiger partial charge in [0.05, 0.1) is 12.2 Å². The maximum absolute atomic E-state index is 9.74. The fourth-order valence-electron chi connectivity index (χ4n) is 2.11. The van der Waals surface area contributed by atoms with Gasteiger partial charge in [0.2, 0.25) is 0 Å². The van der Waals surface area contributed by atoms with Gasteiger partial charge in [0.25, 0.3) is 0 Å². The number of rotatable bonds is 12. The highest BCUT2D eigenvalue weighted by Gasteiger charge is 2.14. The minimum Gasteiger partial charge on any atom is -0.390 e. The van der Waals surface area contributed by atoms with Crippen molar-refractivity contribution in [1.82, 2.24) is 0 Å². The molecule has 0 spiro atoms. The largest absolute Gasteiger partial charge is 0.390 e. The molecule has 0 radical (unpaired) electrons. The van der Waals surface area contributed by atoms with Gasteiger partial charge < -0.3 is 10.2 Å². The lowest BCUT2D eigenvalue weighted by Gasteiger charge is -2.17. The molecule has 0 aliphatic heterocycles. The van der Waals surface area contributed by atoms with Gasteiger partial charge in [-0.1, -0.05) is 71.6 Å². The van der Waals surface area contributed by atoms with Crippen molar-refractivity contribution in [3.05, 3.63) is 0 Å². The molecule has 0 bridgehead atoms. The average molecular weight is 244 g/mol. The summed E-state index contributed by atoms with van der Waals surface area (Å²) in [5, 5.41) is 19.4. The van der Waals surface area contributed by atoms with E-state index in [4.69, 9.17) is 0 Å². The quantitative estimate of drug-likeness (QED) is 0.509. The molecule has 0 amide bonds. The first kappa shape index (κ1) is 16.9. The summed E-state index contributed by atoms with van der Waals surface area (Å²) in [4.78, 5) is 0. The van der Waals surface area contributed by atoms with Crippen LogP contribution in [0.5, 0.6) is 0 Å². The predicted molar refractivity (Wildman–Crippen MR) is 74.1 cm³/mol. The van der Waals surface area contributed by atoms with Gasteiger partial charge >= 0.3 is 0 Å². The Morgan fingerprint density at radius 1 is 0.588 bits per heavy atom. The van der Waals surface area contributed by atoms with Crippen molar-refractivity contribution in [1.29, 1.82) is 0 Å². The van der Waals surface area contributed by atoms with Gasteiger partial charge in [-0.2, -0.15) is 0 Å². The van der Waals surface area contributed by atoms with E-state index in [2.05, 4.69) is 13.8 Å². The molecule has 2 heteroatoms. The van der Waals surface area contributed by atoms with Crippen LogP contribution in [0.3, 0.4) is 0 Å². The van der Waals surface area contributed by atoms with Crippen LogP contribution in [0.25, 0.3) is 0 Å². The lowest BCUT2D eigenvalue weighted by atomic mass is 10.0. The fraction of sp³-hybridized carbons (Fsp3) is 1.00. The molecular weight excluding hydrogens is 212 g/mol. The number of aliphatic hydroxyl groups excluding tert-OH is 2. The van der Waals surface area contributed by atoms with Gasteiger partial charge in [0.1, 0.15) is 0 Å². The zero-order valence-electron chi connectivity index (χ0n) is 11.8. The van der Waals surface area contributed by atoms with Crippen LogP contribution in [-0.2, 0) is 0 Å². The fourth-order valence-corrected chi connectivity index (χ4v) is 2.11. The molecule has 2 atom stereocenters. The van der Waals surface area contributed by atoms with Crippen molar-refractivity contribution in [2.24, 2.45) is 0 Å². The van der Waals surface area contributed by atoms with Crippen molar-refractivity contribution >= 4 is 0 Å². The Balaban J connectivity index is 3.28. The number of unbranched alkanes of at least 4 members (excludes halogenated alkanes) is 7. The highest BCUT2D eigenvalue weighted by atomic mass is 16.3. The zero-order chi connectivity index (χ0) is 12.9. The van der Waals surface area contributed by atoms with E-state index in [-0.39, 0.29) is 0 Å². The normalized spacial score (nSPS) is 14.8. The standard InChI is InChI=1S/C15H32O2/c1-3-5-7-8-9-10-11-13-15(17)14(16)12-6-4-2/h14-17H,3-13H2,1-2H3. The molecule has 0 aliphatic rings. The molecule has 0 aromatic carbocycles. The van der Waals surface area contributed by atoms with E-state index < -0.39 is 12.2 Å². The molecule has 0 saturated heterocycles. The van der Waals surface area contributed by atoms with Crippen molar-refractivity contribution in [3.63, 3.8) is 0 Å². The van der Waals surface area contributed by atoms with Crippen LogP contribution < -0.4 is 0 Å². The summed E-state index contributed by atoms with van der Waals surface area (Å²) >= 11 is 0. The van der Waals surface area contributed by atoms with Crippen LogP contribution in [0.15, 0.2) is 0 Å². The monoisotopic (exact) mass is 244 g/mol. The lowest BCUT2D eigenvalue weighted by molar-refractivity contribution is 0.00738. The Morgan fingerprint density at radius 2 is 1.00 bits per heavy atom. The van der Waals surface area contributed by atoms with Crippen LogP contribution in [0.2, 0.25) is 0 Å². The summed E-state index contributed by atoms with van der Waals surface area (Å²) in [5.74, 6) is 0. The second-order valence-electron chi connectivity index (χ2n) is 5.19. The summed E-state index contributed by atoms with van der Waals surface area (Å²) < 4.78 is 0. The number of hydrogen-bond acceptors (Lipinski definition) is 2. The van der Waals surface area contributed by atoms with Crippen molar-refractivity contribution in [2.75, 3.05) is 0 Å². The van der Waals surface area contributed by atoms with E-state index in [0.29, 0.717) is 0 Å². The summed E-state index contributed by atoms with van der Waals surface area (Å²) in [6, 6.07) is 0. The topological polar surface area (TPSA) is 40.5 Å². The van der Waals surface area contributed by atoms with Gasteiger partial charge in [0, 0.05) is 0 Å². The Morgan fingerprint density at radius 3 is 1.53 bits per heavy atom. The van der Waals surface area contributed by atoms with Gasteiger partial charge in [-0.05, 0) is 12.8 Å². The Labute approximate surface area is 107 Å². The van der Waals surface area contributed by atoms with E-state index >= 15 is 0 Å². The van der Waals surface area contributed by atoms with Crippen LogP contribution in [-0.4, -0.2) is 22.4 Å². The van der Waals surface area contributed by atoms with E-state index in [0.717, 1.165) is 32.1 Å². The molecule has 0 saturated carbocycles. The van der Waals surface area contributed by atoms with Crippen LogP contribution in [0.4, 0.5) is 0 Å². The first-order valence-corrected chi connectivity index (χ1v) is 7.58. The average Bonchev–Trinajstić information content (AvgIpc) is 2.34. The third kappa shape index (κ3) is 10.8. The van der Waals surface area contributed by atoms with E-state index in [1.807, 2.05) is 0 Å². The Hall–Kier alpha value is -0.0800. The van der Waals surface area contributed by atoms with Gasteiger partial charge in [0.15, 0.2) is 0 Å². The van der Waals surface area contributed by atoms with Gasteiger partial charge in [-0.25, -0.2) is 0 Å². The third-order valence-corrected chi connectivity index (χ3v) is 3.40. The van der Waals surface area contributed by atoms with E-state index in [9.17, 15) is 10.2 Å². The molecule has 2 N–H and O–H groups in total. The maximum atomic E-state index is 9.74. The second-order valence-corrected chi connectivity index (χ2v) is 5.19. The van der Waals surface area contributed by atoms with Crippen molar-refractivity contribution in [2.45, 2.75) is 96.7 Å². The smallest absolute Gasteiger partial charge is 0.0799 e. The van der Waals surface area contributed by atoms with Crippen LogP contribution in [0, 0.1) is 0 Å². The van der Waals surface area contributed by atoms with E-state index in [1.54, 1.807) is 0 Å². The highest BCUT2D eigenvalue weighted by Crippen LogP contribution is 2.13. The summed E-state index contributed by atoms with van der Waals surface area (Å²) in [6.07, 6.45) is 11.4. The number of hydrogen-bond donors (Lipinski definition) is 2. The second kappa shape index (κ2) is 12.4. The molecule has 2 unspecified atom stereocenters. The van der Waals surface area contributed by atoms with Crippen LogP contribution >= 0.6 is 0 Å². The molecular formula is C15H32O2. The first-order valence-electron chi connectivity index (χ1n) is 7.58. The Bertz CT molecular complexity index is 148. The molecule has 0 heterocycles. The zero-order valence-corrected chi connectivity index (χ0v) is 11.8. The molecule has 0 aromatic rings. The summed E-state index contributed by atoms with van der Waals surface area (Å²) in [7, 11) is 0. The Kier molecular flexibility index (Phi) is 12.3. The minimum absolute atomic E-state index is 0.503. The highest BCUT2D eigenvalue weighted by molar-refractivity contribution is 4.67. The molecule has 2 nitrogen and oxygen atoms in total. The molecule has 104 valence electrons. The summed E-state index contributed by atoms with van der Waals surface area (Å²) in [5.41, 5.74) is 0.